The summed E-state index contributed by atoms with van der Waals surface area (Å²) in [6.45, 7) is 12.7. The first kappa shape index (κ1) is 19.0. The summed E-state index contributed by atoms with van der Waals surface area (Å²) in [5.41, 5.74) is 2.72. The Kier molecular flexibility index (Phi) is 5.45. The summed E-state index contributed by atoms with van der Waals surface area (Å²) in [6, 6.07) is 4.12. The minimum absolute atomic E-state index is 0.0984. The second-order valence-electron chi connectivity index (χ2n) is 7.87. The lowest BCUT2D eigenvalue weighted by Crippen LogP contribution is -2.18. The molecular weight excluding hydrogens is 336 g/mol. The number of hydrogen-bond donors (Lipinski definition) is 1. The summed E-state index contributed by atoms with van der Waals surface area (Å²) in [7, 11) is 0. The second-order valence-corrected chi connectivity index (χ2v) is 9.93. The van der Waals surface area contributed by atoms with Gasteiger partial charge in [0, 0.05) is 5.56 Å². The Balaban J connectivity index is 2.52. The first-order chi connectivity index (χ1) is 11.0. The Morgan fingerprint density at radius 3 is 2.17 bits per heavy atom. The average molecular weight is 363 g/mol. The summed E-state index contributed by atoms with van der Waals surface area (Å²) in [5, 5.41) is 20.1. The van der Waals surface area contributed by atoms with E-state index in [9.17, 15) is 5.11 Å². The largest absolute Gasteiger partial charge is 0.507 e. The molecule has 0 amide bonds. The first-order valence-electron chi connectivity index (χ1n) is 7.96. The highest BCUT2D eigenvalue weighted by molar-refractivity contribution is 8.00. The van der Waals surface area contributed by atoms with Crippen LogP contribution >= 0.6 is 23.1 Å². The Morgan fingerprint density at radius 1 is 1.00 bits per heavy atom. The molecule has 130 valence electrons. The molecule has 0 spiro atoms. The predicted octanol–water partition coefficient (Wildman–Crippen LogP) is 5.73. The summed E-state index contributed by atoms with van der Waals surface area (Å²) in [5.74, 6) is 0.402. The van der Waals surface area contributed by atoms with E-state index in [-0.39, 0.29) is 10.8 Å². The van der Waals surface area contributed by atoms with Crippen LogP contribution < -0.4 is 0 Å². The Hall–Kier alpha value is -1.33. The lowest BCUT2D eigenvalue weighted by atomic mass is 9.77. The molecule has 0 aliphatic heterocycles. The van der Waals surface area contributed by atoms with E-state index in [0.29, 0.717) is 5.75 Å². The zero-order valence-electron chi connectivity index (χ0n) is 15.5. The van der Waals surface area contributed by atoms with Gasteiger partial charge in [-0.15, -0.1) is 10.2 Å². The normalized spacial score (nSPS) is 13.0. The zero-order valence-corrected chi connectivity index (χ0v) is 17.1. The number of hydrogen-bond acceptors (Lipinski definition) is 5. The molecule has 0 aliphatic rings. The van der Waals surface area contributed by atoms with Gasteiger partial charge < -0.3 is 5.11 Å². The molecule has 1 N–H and O–H groups in total. The van der Waals surface area contributed by atoms with E-state index in [1.165, 1.54) is 0 Å². The Morgan fingerprint density at radius 2 is 1.67 bits per heavy atom. The number of phenolic OH excluding ortho intramolecular Hbond substituents is 1. The Labute approximate surface area is 153 Å². The van der Waals surface area contributed by atoms with E-state index < -0.39 is 0 Å². The number of nitrogens with zero attached hydrogens (tertiary/aromatic N) is 2. The molecule has 3 nitrogen and oxygen atoms in total. The molecule has 2 rings (SSSR count). The van der Waals surface area contributed by atoms with Crippen LogP contribution in [-0.2, 0) is 10.8 Å². The van der Waals surface area contributed by atoms with Crippen molar-refractivity contribution in [1.29, 1.82) is 0 Å². The highest BCUT2D eigenvalue weighted by atomic mass is 32.2. The molecule has 1 aromatic heterocycles. The molecule has 0 aliphatic carbocycles. The quantitative estimate of drug-likeness (QED) is 0.708. The predicted molar refractivity (Wildman–Crippen MR) is 106 cm³/mol. The molecule has 2 aromatic rings. The van der Waals surface area contributed by atoms with Crippen LogP contribution in [0, 0.1) is 0 Å². The summed E-state index contributed by atoms with van der Waals surface area (Å²) in [6.07, 6.45) is 5.99. The van der Waals surface area contributed by atoms with Crippen LogP contribution in [0.3, 0.4) is 0 Å². The van der Waals surface area contributed by atoms with Gasteiger partial charge in [0.25, 0.3) is 0 Å². The summed E-state index contributed by atoms with van der Waals surface area (Å²) in [4.78, 5) is 0. The molecule has 0 saturated heterocycles. The van der Waals surface area contributed by atoms with E-state index in [1.807, 2.05) is 24.5 Å². The fourth-order valence-corrected chi connectivity index (χ4v) is 3.86. The smallest absolute Gasteiger partial charge is 0.174 e. The van der Waals surface area contributed by atoms with E-state index in [4.69, 9.17) is 0 Å². The molecule has 0 atom stereocenters. The van der Waals surface area contributed by atoms with Crippen LogP contribution in [0.4, 0.5) is 0 Å². The second kappa shape index (κ2) is 6.89. The SMILES string of the molecule is CSc1nnc(/C=C/c2ccc(C(C)(C)C)c(O)c2C(C)(C)C)s1. The standard InChI is InChI=1S/C19H26N2OS2/c1-18(2,3)13-10-8-12(15(16(13)22)19(4,5)6)9-11-14-20-21-17(23-7)24-14/h8-11,22H,1-7H3/b11-9+. The van der Waals surface area contributed by atoms with Crippen molar-refractivity contribution >= 4 is 35.3 Å². The number of aromatic nitrogens is 2. The van der Waals surface area contributed by atoms with Crippen LogP contribution in [0.1, 0.15) is 63.2 Å². The first-order valence-corrected chi connectivity index (χ1v) is 10.0. The van der Waals surface area contributed by atoms with Crippen molar-refractivity contribution in [3.05, 3.63) is 33.8 Å². The molecule has 5 heteroatoms. The van der Waals surface area contributed by atoms with E-state index in [0.717, 1.165) is 26.0 Å². The van der Waals surface area contributed by atoms with Crippen LogP contribution in [-0.4, -0.2) is 21.6 Å². The van der Waals surface area contributed by atoms with Crippen molar-refractivity contribution < 1.29 is 5.11 Å². The lowest BCUT2D eigenvalue weighted by molar-refractivity contribution is 0.423. The van der Waals surface area contributed by atoms with Crippen molar-refractivity contribution in [2.75, 3.05) is 6.26 Å². The highest BCUT2D eigenvalue weighted by Crippen LogP contribution is 2.41. The molecule has 0 saturated carbocycles. The van der Waals surface area contributed by atoms with Crippen LogP contribution in [0.15, 0.2) is 16.5 Å². The molecule has 24 heavy (non-hydrogen) atoms. The van der Waals surface area contributed by atoms with Gasteiger partial charge in [-0.05, 0) is 34.3 Å². The average Bonchev–Trinajstić information content (AvgIpc) is 2.90. The van der Waals surface area contributed by atoms with Gasteiger partial charge in [-0.3, -0.25) is 0 Å². The fraction of sp³-hybridized carbons (Fsp3) is 0.474. The number of benzene rings is 1. The Bertz CT molecular complexity index is 750. The minimum atomic E-state index is -0.156. The third-order valence-electron chi connectivity index (χ3n) is 3.77. The number of thioether (sulfide) groups is 1. The van der Waals surface area contributed by atoms with Gasteiger partial charge in [0.2, 0.25) is 0 Å². The molecule has 0 fully saturated rings. The minimum Gasteiger partial charge on any atom is -0.507 e. The van der Waals surface area contributed by atoms with Gasteiger partial charge >= 0.3 is 0 Å². The third-order valence-corrected chi connectivity index (χ3v) is 5.63. The van der Waals surface area contributed by atoms with Gasteiger partial charge in [-0.1, -0.05) is 82.8 Å². The number of aromatic hydroxyl groups is 1. The van der Waals surface area contributed by atoms with E-state index in [2.05, 4.69) is 57.8 Å². The zero-order chi connectivity index (χ0) is 18.1. The monoisotopic (exact) mass is 362 g/mol. The fourth-order valence-electron chi connectivity index (χ4n) is 2.67. The van der Waals surface area contributed by atoms with Crippen LogP contribution in [0.5, 0.6) is 5.75 Å². The maximum atomic E-state index is 10.9. The van der Waals surface area contributed by atoms with E-state index >= 15 is 0 Å². The van der Waals surface area contributed by atoms with Crippen molar-refractivity contribution in [2.45, 2.75) is 56.7 Å². The number of rotatable bonds is 3. The molecule has 1 heterocycles. The van der Waals surface area contributed by atoms with Crippen molar-refractivity contribution in [2.24, 2.45) is 0 Å². The molecular formula is C19H26N2OS2. The third kappa shape index (κ3) is 4.19. The van der Waals surface area contributed by atoms with Gasteiger partial charge in [0.05, 0.1) is 0 Å². The van der Waals surface area contributed by atoms with Crippen LogP contribution in [0.25, 0.3) is 12.2 Å². The molecule has 0 radical (unpaired) electrons. The molecule has 0 bridgehead atoms. The maximum absolute atomic E-state index is 10.9. The van der Waals surface area contributed by atoms with Gasteiger partial charge in [0.1, 0.15) is 10.8 Å². The number of phenols is 1. The molecule has 0 unspecified atom stereocenters. The highest BCUT2D eigenvalue weighted by Gasteiger charge is 2.27. The van der Waals surface area contributed by atoms with Crippen molar-refractivity contribution in [3.63, 3.8) is 0 Å². The van der Waals surface area contributed by atoms with Crippen molar-refractivity contribution in [3.8, 4) is 5.75 Å². The van der Waals surface area contributed by atoms with Crippen LogP contribution in [0.2, 0.25) is 0 Å². The summed E-state index contributed by atoms with van der Waals surface area (Å²) >= 11 is 3.17. The van der Waals surface area contributed by atoms with E-state index in [1.54, 1.807) is 23.1 Å². The topological polar surface area (TPSA) is 46.0 Å². The summed E-state index contributed by atoms with van der Waals surface area (Å²) < 4.78 is 0.955. The van der Waals surface area contributed by atoms with Gasteiger partial charge in [0.15, 0.2) is 4.34 Å². The molecule has 1 aromatic carbocycles. The lowest BCUT2D eigenvalue weighted by Gasteiger charge is -2.28. The van der Waals surface area contributed by atoms with Gasteiger partial charge in [-0.25, -0.2) is 0 Å². The van der Waals surface area contributed by atoms with Crippen molar-refractivity contribution in [1.82, 2.24) is 10.2 Å². The maximum Gasteiger partial charge on any atom is 0.174 e. The van der Waals surface area contributed by atoms with Gasteiger partial charge in [-0.2, -0.15) is 0 Å².